The van der Waals surface area contributed by atoms with Gasteiger partial charge >= 0.3 is 0 Å². The molecule has 2 aliphatic heterocycles. The average molecular weight is 443 g/mol. The number of ether oxygens (including phenoxy) is 1. The highest BCUT2D eigenvalue weighted by Crippen LogP contribution is 2.46. The maximum absolute atomic E-state index is 13.6. The zero-order valence-electron chi connectivity index (χ0n) is 19.0. The maximum Gasteiger partial charge on any atom is 0.223 e. The van der Waals surface area contributed by atoms with Crippen LogP contribution in [-0.2, 0) is 10.2 Å². The van der Waals surface area contributed by atoms with Crippen molar-refractivity contribution in [3.05, 3.63) is 23.0 Å². The van der Waals surface area contributed by atoms with Crippen molar-refractivity contribution in [2.45, 2.75) is 77.3 Å². The number of H-pyrrole nitrogens is 1. The second-order valence-electron chi connectivity index (χ2n) is 10.4. The SMILES string of the molecule is COc1cnc2[nH]cc(C(C)(C)CC(=O)N3C4CC(C)CC3CC(C)(C#N)C4)c2c1Cl. The van der Waals surface area contributed by atoms with Gasteiger partial charge in [-0.15, -0.1) is 0 Å². The van der Waals surface area contributed by atoms with Gasteiger partial charge in [-0.1, -0.05) is 32.4 Å². The molecular weight excluding hydrogens is 412 g/mol. The number of hydrogen-bond acceptors (Lipinski definition) is 4. The Morgan fingerprint density at radius 3 is 2.65 bits per heavy atom. The Bertz CT molecular complexity index is 1040. The quantitative estimate of drug-likeness (QED) is 0.704. The van der Waals surface area contributed by atoms with Gasteiger partial charge in [0.05, 0.1) is 29.8 Å². The highest BCUT2D eigenvalue weighted by Gasteiger charge is 2.48. The monoisotopic (exact) mass is 442 g/mol. The van der Waals surface area contributed by atoms with Crippen molar-refractivity contribution in [2.75, 3.05) is 7.11 Å². The number of amides is 1. The van der Waals surface area contributed by atoms with Gasteiger partial charge in [0.15, 0.2) is 5.75 Å². The number of aromatic amines is 1. The molecule has 166 valence electrons. The minimum Gasteiger partial charge on any atom is -0.494 e. The van der Waals surface area contributed by atoms with Crippen molar-refractivity contribution in [3.8, 4) is 11.8 Å². The average Bonchev–Trinajstić information content (AvgIpc) is 3.13. The molecule has 6 nitrogen and oxygen atoms in total. The standard InChI is InChI=1S/C24H31ClN4O2/c1-14-6-15-8-24(4,13-26)9-16(7-14)29(15)19(30)10-23(2,3)17-11-27-22-20(17)21(25)18(31-5)12-28-22/h11-12,14-16H,6-10H2,1-5H3,(H,27,28). The molecule has 0 radical (unpaired) electrons. The maximum atomic E-state index is 13.6. The molecule has 2 bridgehead atoms. The highest BCUT2D eigenvalue weighted by molar-refractivity contribution is 6.37. The second-order valence-corrected chi connectivity index (χ2v) is 10.8. The van der Waals surface area contributed by atoms with Crippen molar-refractivity contribution in [3.63, 3.8) is 0 Å². The molecule has 31 heavy (non-hydrogen) atoms. The van der Waals surface area contributed by atoms with Gasteiger partial charge in [-0.05, 0) is 44.1 Å². The molecule has 0 spiro atoms. The Labute approximate surface area is 188 Å². The van der Waals surface area contributed by atoms with Crippen LogP contribution in [0, 0.1) is 22.7 Å². The molecule has 0 aromatic carbocycles. The molecule has 2 aliphatic rings. The molecule has 2 aromatic heterocycles. The van der Waals surface area contributed by atoms with Crippen LogP contribution in [-0.4, -0.2) is 40.0 Å². The fourth-order valence-corrected chi connectivity index (χ4v) is 6.13. The Kier molecular flexibility index (Phi) is 5.46. The van der Waals surface area contributed by atoms with E-state index < -0.39 is 5.41 Å². The summed E-state index contributed by atoms with van der Waals surface area (Å²) in [7, 11) is 1.57. The summed E-state index contributed by atoms with van der Waals surface area (Å²) in [5.74, 6) is 1.27. The molecule has 2 saturated heterocycles. The van der Waals surface area contributed by atoms with Crippen LogP contribution in [0.2, 0.25) is 5.02 Å². The number of piperidine rings is 2. The Morgan fingerprint density at radius 2 is 2.06 bits per heavy atom. The number of hydrogen-bond donors (Lipinski definition) is 1. The van der Waals surface area contributed by atoms with Crippen LogP contribution in [0.25, 0.3) is 11.0 Å². The number of rotatable bonds is 4. The molecule has 1 amide bonds. The van der Waals surface area contributed by atoms with E-state index in [2.05, 4.69) is 41.7 Å². The predicted octanol–water partition coefficient (Wildman–Crippen LogP) is 5.21. The van der Waals surface area contributed by atoms with Gasteiger partial charge < -0.3 is 14.6 Å². The summed E-state index contributed by atoms with van der Waals surface area (Å²) in [4.78, 5) is 23.3. The van der Waals surface area contributed by atoms with Gasteiger partial charge in [0, 0.05) is 35.5 Å². The minimum atomic E-state index is -0.442. The second kappa shape index (κ2) is 7.70. The lowest BCUT2D eigenvalue weighted by Gasteiger charge is -2.53. The van der Waals surface area contributed by atoms with Crippen molar-refractivity contribution in [1.29, 1.82) is 5.26 Å². The molecule has 2 fully saturated rings. The summed E-state index contributed by atoms with van der Waals surface area (Å²) in [6, 6.07) is 2.80. The third-order valence-corrected chi connectivity index (χ3v) is 7.59. The molecule has 2 unspecified atom stereocenters. The van der Waals surface area contributed by atoms with E-state index in [1.807, 2.05) is 13.1 Å². The first-order chi connectivity index (χ1) is 14.6. The minimum absolute atomic E-state index is 0.142. The van der Waals surface area contributed by atoms with Crippen molar-refractivity contribution in [2.24, 2.45) is 11.3 Å². The smallest absolute Gasteiger partial charge is 0.223 e. The predicted molar refractivity (Wildman–Crippen MR) is 121 cm³/mol. The van der Waals surface area contributed by atoms with Gasteiger partial charge in [-0.2, -0.15) is 5.26 Å². The molecule has 2 atom stereocenters. The van der Waals surface area contributed by atoms with Gasteiger partial charge in [-0.25, -0.2) is 4.98 Å². The molecule has 0 saturated carbocycles. The first kappa shape index (κ1) is 22.0. The molecule has 4 heterocycles. The molecule has 0 aliphatic carbocycles. The summed E-state index contributed by atoms with van der Waals surface area (Å²) in [6.07, 6.45) is 7.35. The lowest BCUT2D eigenvalue weighted by atomic mass is 9.67. The summed E-state index contributed by atoms with van der Waals surface area (Å²) in [5.41, 5.74) is 0.872. The topological polar surface area (TPSA) is 82.0 Å². The number of nitriles is 1. The Hall–Kier alpha value is -2.26. The van der Waals surface area contributed by atoms with Crippen LogP contribution >= 0.6 is 11.6 Å². The van der Waals surface area contributed by atoms with Crippen molar-refractivity contribution >= 4 is 28.5 Å². The van der Waals surface area contributed by atoms with Gasteiger partial charge in [-0.3, -0.25) is 4.79 Å². The lowest BCUT2D eigenvalue weighted by molar-refractivity contribution is -0.146. The van der Waals surface area contributed by atoms with E-state index in [1.165, 1.54) is 0 Å². The first-order valence-corrected chi connectivity index (χ1v) is 11.4. The number of carbonyl (C=O) groups excluding carboxylic acids is 1. The number of aromatic nitrogens is 2. The van der Waals surface area contributed by atoms with E-state index in [4.69, 9.17) is 16.3 Å². The molecule has 1 N–H and O–H groups in total. The van der Waals surface area contributed by atoms with E-state index >= 15 is 0 Å². The van der Waals surface area contributed by atoms with Gasteiger partial charge in [0.2, 0.25) is 5.91 Å². The zero-order chi connectivity index (χ0) is 22.6. The fraction of sp³-hybridized carbons (Fsp3) is 0.625. The molecule has 7 heteroatoms. The number of halogens is 1. The molecule has 4 rings (SSSR count). The molecule has 2 aromatic rings. The summed E-state index contributed by atoms with van der Waals surface area (Å²) in [6.45, 7) is 8.45. The van der Waals surface area contributed by atoms with Crippen LogP contribution in [0.15, 0.2) is 12.4 Å². The van der Waals surface area contributed by atoms with Crippen LogP contribution in [0.1, 0.15) is 65.4 Å². The molecular formula is C24H31ClN4O2. The highest BCUT2D eigenvalue weighted by atomic mass is 35.5. The third-order valence-electron chi connectivity index (χ3n) is 7.21. The third kappa shape index (κ3) is 3.78. The van der Waals surface area contributed by atoms with Crippen LogP contribution < -0.4 is 4.74 Å². The number of carbonyl (C=O) groups is 1. The van der Waals surface area contributed by atoms with Gasteiger partial charge in [0.1, 0.15) is 5.65 Å². The van der Waals surface area contributed by atoms with Crippen molar-refractivity contribution < 1.29 is 9.53 Å². The van der Waals surface area contributed by atoms with E-state index in [-0.39, 0.29) is 23.4 Å². The van der Waals surface area contributed by atoms with E-state index in [9.17, 15) is 10.1 Å². The Morgan fingerprint density at radius 1 is 1.42 bits per heavy atom. The summed E-state index contributed by atoms with van der Waals surface area (Å²) < 4.78 is 5.35. The first-order valence-electron chi connectivity index (χ1n) is 11.0. The van der Waals surface area contributed by atoms with Gasteiger partial charge in [0.25, 0.3) is 0 Å². The largest absolute Gasteiger partial charge is 0.494 e. The normalized spacial score (nSPS) is 28.4. The fourth-order valence-electron chi connectivity index (χ4n) is 5.82. The zero-order valence-corrected chi connectivity index (χ0v) is 19.7. The van der Waals surface area contributed by atoms with Crippen LogP contribution in [0.5, 0.6) is 5.75 Å². The van der Waals surface area contributed by atoms with E-state index in [0.29, 0.717) is 28.8 Å². The van der Waals surface area contributed by atoms with E-state index in [0.717, 1.165) is 36.6 Å². The van der Waals surface area contributed by atoms with Crippen molar-refractivity contribution in [1.82, 2.24) is 14.9 Å². The lowest BCUT2D eigenvalue weighted by Crippen LogP contribution is -2.58. The Balaban J connectivity index is 1.63. The summed E-state index contributed by atoms with van der Waals surface area (Å²) in [5, 5.41) is 11.0. The number of pyridine rings is 1. The van der Waals surface area contributed by atoms with Crippen LogP contribution in [0.3, 0.4) is 0 Å². The summed E-state index contributed by atoms with van der Waals surface area (Å²) >= 11 is 6.61. The number of methoxy groups -OCH3 is 1. The number of nitrogens with zero attached hydrogens (tertiary/aromatic N) is 3. The number of fused-ring (bicyclic) bond motifs is 3. The van der Waals surface area contributed by atoms with E-state index in [1.54, 1.807) is 13.3 Å². The number of nitrogens with one attached hydrogen (secondary N) is 1. The van der Waals surface area contributed by atoms with Crippen LogP contribution in [0.4, 0.5) is 0 Å².